The number of carbonyl (C=O) groups excluding carboxylic acids is 2. The van der Waals surface area contributed by atoms with Crippen molar-refractivity contribution in [2.24, 2.45) is 5.73 Å². The van der Waals surface area contributed by atoms with E-state index in [2.05, 4.69) is 5.32 Å². The Balaban J connectivity index is 2.60. The van der Waals surface area contributed by atoms with Crippen molar-refractivity contribution < 1.29 is 9.59 Å². The smallest absolute Gasteiger partial charge is 0.243 e. The predicted octanol–water partition coefficient (Wildman–Crippen LogP) is 1.74. The standard InChI is InChI=1S/C12H15Cl2N3O2/c1-7(15)12(19)17(2)6-11(18)16-8-3-4-9(13)10(14)5-8/h3-5,7H,6,15H2,1-2H3,(H,16,18). The number of hydrogen-bond donors (Lipinski definition) is 2. The van der Waals surface area contributed by atoms with Gasteiger partial charge in [0.15, 0.2) is 0 Å². The van der Waals surface area contributed by atoms with Crippen LogP contribution in [0.25, 0.3) is 0 Å². The normalized spacial score (nSPS) is 11.8. The number of nitrogens with two attached hydrogens (primary N) is 1. The maximum Gasteiger partial charge on any atom is 0.243 e. The van der Waals surface area contributed by atoms with Gasteiger partial charge < -0.3 is 16.0 Å². The van der Waals surface area contributed by atoms with Gasteiger partial charge in [0.1, 0.15) is 0 Å². The molecule has 1 aromatic rings. The minimum atomic E-state index is -0.636. The SMILES string of the molecule is CC(N)C(=O)N(C)CC(=O)Nc1ccc(Cl)c(Cl)c1. The number of benzene rings is 1. The van der Waals surface area contributed by atoms with E-state index in [-0.39, 0.29) is 18.4 Å². The topological polar surface area (TPSA) is 75.4 Å². The van der Waals surface area contributed by atoms with Crippen LogP contribution in [0.5, 0.6) is 0 Å². The van der Waals surface area contributed by atoms with Crippen molar-refractivity contribution in [1.82, 2.24) is 4.90 Å². The van der Waals surface area contributed by atoms with Crippen LogP contribution in [0.15, 0.2) is 18.2 Å². The molecule has 1 rings (SSSR count). The molecule has 0 saturated heterocycles. The van der Waals surface area contributed by atoms with Crippen LogP contribution in [0, 0.1) is 0 Å². The Labute approximate surface area is 121 Å². The molecule has 0 aromatic heterocycles. The molecular formula is C12H15Cl2N3O2. The summed E-state index contributed by atoms with van der Waals surface area (Å²) in [6, 6.07) is 4.10. The summed E-state index contributed by atoms with van der Waals surface area (Å²) in [6.45, 7) is 1.48. The number of hydrogen-bond acceptors (Lipinski definition) is 3. The third-order valence-electron chi connectivity index (χ3n) is 2.35. The second kappa shape index (κ2) is 6.75. The molecule has 0 spiro atoms. The van der Waals surface area contributed by atoms with Gasteiger partial charge >= 0.3 is 0 Å². The lowest BCUT2D eigenvalue weighted by atomic mass is 10.3. The Kier molecular flexibility index (Phi) is 5.60. The molecule has 3 N–H and O–H groups in total. The van der Waals surface area contributed by atoms with Gasteiger partial charge in [-0.15, -0.1) is 0 Å². The molecule has 1 unspecified atom stereocenters. The first-order chi connectivity index (χ1) is 8.81. The van der Waals surface area contributed by atoms with Crippen LogP contribution >= 0.6 is 23.2 Å². The van der Waals surface area contributed by atoms with E-state index in [1.54, 1.807) is 19.1 Å². The fraction of sp³-hybridized carbons (Fsp3) is 0.333. The van der Waals surface area contributed by atoms with Crippen molar-refractivity contribution >= 4 is 40.7 Å². The molecule has 0 heterocycles. The summed E-state index contributed by atoms with van der Waals surface area (Å²) < 4.78 is 0. The van der Waals surface area contributed by atoms with Gasteiger partial charge in [-0.3, -0.25) is 9.59 Å². The number of anilines is 1. The molecule has 7 heteroatoms. The van der Waals surface area contributed by atoms with Gasteiger partial charge in [0.2, 0.25) is 11.8 Å². The molecule has 0 bridgehead atoms. The van der Waals surface area contributed by atoms with Gasteiger partial charge in [-0.1, -0.05) is 23.2 Å². The van der Waals surface area contributed by atoms with Gasteiger partial charge in [0.25, 0.3) is 0 Å². The van der Waals surface area contributed by atoms with Crippen molar-refractivity contribution in [1.29, 1.82) is 0 Å². The zero-order valence-corrected chi connectivity index (χ0v) is 12.1. The Morgan fingerprint density at radius 2 is 2.00 bits per heavy atom. The molecule has 1 aromatic carbocycles. The largest absolute Gasteiger partial charge is 0.335 e. The van der Waals surface area contributed by atoms with Crippen LogP contribution in [0.2, 0.25) is 10.0 Å². The zero-order chi connectivity index (χ0) is 14.6. The average Bonchev–Trinajstić information content (AvgIpc) is 2.32. The predicted molar refractivity (Wildman–Crippen MR) is 76.4 cm³/mol. The first-order valence-corrected chi connectivity index (χ1v) is 6.32. The number of nitrogens with one attached hydrogen (secondary N) is 1. The third-order valence-corrected chi connectivity index (χ3v) is 3.09. The number of halogens is 2. The highest BCUT2D eigenvalue weighted by atomic mass is 35.5. The van der Waals surface area contributed by atoms with Gasteiger partial charge in [-0.05, 0) is 25.1 Å². The summed E-state index contributed by atoms with van der Waals surface area (Å²) in [4.78, 5) is 24.5. The maximum absolute atomic E-state index is 11.7. The van der Waals surface area contributed by atoms with E-state index in [0.717, 1.165) is 0 Å². The molecule has 0 aliphatic rings. The molecule has 0 aliphatic heterocycles. The molecule has 1 atom stereocenters. The lowest BCUT2D eigenvalue weighted by Gasteiger charge is -2.18. The van der Waals surface area contributed by atoms with Crippen LogP contribution in [0.3, 0.4) is 0 Å². The maximum atomic E-state index is 11.7. The summed E-state index contributed by atoms with van der Waals surface area (Å²) in [5.41, 5.74) is 5.96. The number of likely N-dealkylation sites (N-methyl/N-ethyl adjacent to an activating group) is 1. The molecule has 0 saturated carbocycles. The monoisotopic (exact) mass is 303 g/mol. The van der Waals surface area contributed by atoms with Crippen LogP contribution in [-0.4, -0.2) is 36.3 Å². The summed E-state index contributed by atoms with van der Waals surface area (Å²) in [6.07, 6.45) is 0. The van der Waals surface area contributed by atoms with Crippen molar-refractivity contribution in [3.05, 3.63) is 28.2 Å². The number of nitrogens with zero attached hydrogens (tertiary/aromatic N) is 1. The summed E-state index contributed by atoms with van der Waals surface area (Å²) in [5.74, 6) is -0.640. The Hall–Kier alpha value is -1.30. The fourth-order valence-corrected chi connectivity index (χ4v) is 1.71. The van der Waals surface area contributed by atoms with Crippen molar-refractivity contribution in [2.75, 3.05) is 18.9 Å². The van der Waals surface area contributed by atoms with Crippen molar-refractivity contribution in [3.8, 4) is 0 Å². The number of amides is 2. The van der Waals surface area contributed by atoms with Crippen LogP contribution < -0.4 is 11.1 Å². The average molecular weight is 304 g/mol. The van der Waals surface area contributed by atoms with E-state index < -0.39 is 6.04 Å². The lowest BCUT2D eigenvalue weighted by molar-refractivity contribution is -0.134. The number of carbonyl (C=O) groups is 2. The molecule has 19 heavy (non-hydrogen) atoms. The van der Waals surface area contributed by atoms with Crippen molar-refractivity contribution in [3.63, 3.8) is 0 Å². The molecular weight excluding hydrogens is 289 g/mol. The second-order valence-electron chi connectivity index (χ2n) is 4.16. The third kappa shape index (κ3) is 4.70. The second-order valence-corrected chi connectivity index (χ2v) is 4.97. The van der Waals surface area contributed by atoms with Gasteiger partial charge in [0.05, 0.1) is 22.6 Å². The van der Waals surface area contributed by atoms with E-state index in [4.69, 9.17) is 28.9 Å². The zero-order valence-electron chi connectivity index (χ0n) is 10.6. The van der Waals surface area contributed by atoms with Gasteiger partial charge in [-0.25, -0.2) is 0 Å². The highest BCUT2D eigenvalue weighted by Gasteiger charge is 2.16. The molecule has 2 amide bonds. The Morgan fingerprint density at radius 1 is 1.37 bits per heavy atom. The molecule has 5 nitrogen and oxygen atoms in total. The Bertz CT molecular complexity index is 492. The van der Waals surface area contributed by atoms with E-state index in [9.17, 15) is 9.59 Å². The lowest BCUT2D eigenvalue weighted by Crippen LogP contribution is -2.43. The van der Waals surface area contributed by atoms with Gasteiger partial charge in [-0.2, -0.15) is 0 Å². The minimum Gasteiger partial charge on any atom is -0.335 e. The first-order valence-electron chi connectivity index (χ1n) is 5.56. The first kappa shape index (κ1) is 15.8. The fourth-order valence-electron chi connectivity index (χ4n) is 1.42. The Morgan fingerprint density at radius 3 is 2.53 bits per heavy atom. The summed E-state index contributed by atoms with van der Waals surface area (Å²) in [5, 5.41) is 3.37. The summed E-state index contributed by atoms with van der Waals surface area (Å²) in [7, 11) is 1.51. The molecule has 0 radical (unpaired) electrons. The quantitative estimate of drug-likeness (QED) is 0.889. The molecule has 0 aliphatic carbocycles. The highest BCUT2D eigenvalue weighted by Crippen LogP contribution is 2.24. The van der Waals surface area contributed by atoms with E-state index >= 15 is 0 Å². The van der Waals surface area contributed by atoms with Crippen LogP contribution in [0.4, 0.5) is 5.69 Å². The molecule has 0 fully saturated rings. The highest BCUT2D eigenvalue weighted by molar-refractivity contribution is 6.42. The van der Waals surface area contributed by atoms with Crippen LogP contribution in [-0.2, 0) is 9.59 Å². The van der Waals surface area contributed by atoms with E-state index in [1.165, 1.54) is 18.0 Å². The van der Waals surface area contributed by atoms with Gasteiger partial charge in [0, 0.05) is 12.7 Å². The molecule has 104 valence electrons. The van der Waals surface area contributed by atoms with Crippen molar-refractivity contribution in [2.45, 2.75) is 13.0 Å². The minimum absolute atomic E-state index is 0.0827. The van der Waals surface area contributed by atoms with E-state index in [1.807, 2.05) is 0 Å². The summed E-state index contributed by atoms with van der Waals surface area (Å²) >= 11 is 11.6. The van der Waals surface area contributed by atoms with E-state index in [0.29, 0.717) is 15.7 Å². The van der Waals surface area contributed by atoms with Crippen LogP contribution in [0.1, 0.15) is 6.92 Å². The number of rotatable bonds is 4.